The van der Waals surface area contributed by atoms with Crippen LogP contribution in [0.15, 0.2) is 0 Å². The summed E-state index contributed by atoms with van der Waals surface area (Å²) in [6.45, 7) is 6.79. The fourth-order valence-corrected chi connectivity index (χ4v) is 3.49. The second-order valence-corrected chi connectivity index (χ2v) is 6.43. The molecule has 0 aliphatic heterocycles. The molecule has 0 aromatic rings. The number of hydrogen-bond donors (Lipinski definition) is 1. The first-order valence-corrected chi connectivity index (χ1v) is 8.59. The van der Waals surface area contributed by atoms with E-state index in [2.05, 4.69) is 11.8 Å². The molecule has 0 bridgehead atoms. The van der Waals surface area contributed by atoms with Crippen LogP contribution in [0, 0.1) is 11.8 Å². The van der Waals surface area contributed by atoms with Gasteiger partial charge in [0.1, 0.15) is 0 Å². The zero-order chi connectivity index (χ0) is 15.5. The van der Waals surface area contributed by atoms with E-state index in [1.165, 1.54) is 25.7 Å². The number of rotatable bonds is 11. The van der Waals surface area contributed by atoms with E-state index in [-0.39, 0.29) is 6.10 Å². The molecule has 0 aromatic heterocycles. The minimum absolute atomic E-state index is 0.120. The summed E-state index contributed by atoms with van der Waals surface area (Å²) >= 11 is 0. The number of nitrogens with zero attached hydrogens (tertiary/aromatic N) is 1. The van der Waals surface area contributed by atoms with Crippen molar-refractivity contribution in [1.82, 2.24) is 4.90 Å². The van der Waals surface area contributed by atoms with Crippen molar-refractivity contribution in [3.8, 4) is 0 Å². The summed E-state index contributed by atoms with van der Waals surface area (Å²) < 4.78 is 10.4. The van der Waals surface area contributed by atoms with Crippen molar-refractivity contribution >= 4 is 0 Å². The van der Waals surface area contributed by atoms with Crippen LogP contribution in [-0.4, -0.2) is 63.2 Å². The highest BCUT2D eigenvalue weighted by atomic mass is 16.5. The van der Waals surface area contributed by atoms with E-state index in [0.29, 0.717) is 5.92 Å². The van der Waals surface area contributed by atoms with Gasteiger partial charge in [0, 0.05) is 40.5 Å². The molecular formula is C17H35NO3. The van der Waals surface area contributed by atoms with Crippen LogP contribution in [0.5, 0.6) is 0 Å². The number of hydrogen-bond acceptors (Lipinski definition) is 4. The average Bonchev–Trinajstić information content (AvgIpc) is 2.48. The van der Waals surface area contributed by atoms with Crippen LogP contribution in [0.4, 0.5) is 0 Å². The molecule has 1 N–H and O–H groups in total. The Balaban J connectivity index is 2.44. The van der Waals surface area contributed by atoms with E-state index in [1.807, 2.05) is 0 Å². The molecule has 0 heterocycles. The van der Waals surface area contributed by atoms with Crippen LogP contribution in [0.2, 0.25) is 0 Å². The second kappa shape index (κ2) is 11.4. The van der Waals surface area contributed by atoms with Gasteiger partial charge in [0.05, 0.1) is 12.7 Å². The monoisotopic (exact) mass is 301 g/mol. The first-order chi connectivity index (χ1) is 10.2. The Labute approximate surface area is 130 Å². The van der Waals surface area contributed by atoms with E-state index in [4.69, 9.17) is 9.47 Å². The minimum Gasteiger partial charge on any atom is -0.393 e. The van der Waals surface area contributed by atoms with Gasteiger partial charge in [-0.2, -0.15) is 0 Å². The van der Waals surface area contributed by atoms with Crippen LogP contribution in [0.25, 0.3) is 0 Å². The first-order valence-electron chi connectivity index (χ1n) is 8.59. The van der Waals surface area contributed by atoms with E-state index in [9.17, 15) is 5.11 Å². The molecule has 1 aliphatic rings. The largest absolute Gasteiger partial charge is 0.393 e. The molecule has 4 heteroatoms. The summed E-state index contributed by atoms with van der Waals surface area (Å²) in [6, 6.07) is 0. The average molecular weight is 301 g/mol. The lowest BCUT2D eigenvalue weighted by molar-refractivity contribution is 0.0197. The zero-order valence-electron chi connectivity index (χ0n) is 14.2. The molecular weight excluding hydrogens is 266 g/mol. The standard InChI is InChI=1S/C17H35NO3/c1-4-6-15-7-8-17(19)16(13-15)14-18(10-12-21-3)9-5-11-20-2/h15-17,19H,4-14H2,1-3H3. The second-order valence-electron chi connectivity index (χ2n) is 6.43. The van der Waals surface area contributed by atoms with Crippen LogP contribution < -0.4 is 0 Å². The van der Waals surface area contributed by atoms with Crippen molar-refractivity contribution in [2.75, 3.05) is 47.1 Å². The van der Waals surface area contributed by atoms with Crippen molar-refractivity contribution in [2.45, 2.75) is 51.6 Å². The number of methoxy groups -OCH3 is 2. The third kappa shape index (κ3) is 7.59. The summed E-state index contributed by atoms with van der Waals surface area (Å²) in [5.74, 6) is 1.24. The van der Waals surface area contributed by atoms with Gasteiger partial charge in [-0.1, -0.05) is 19.8 Å². The maximum absolute atomic E-state index is 10.3. The fraction of sp³-hybridized carbons (Fsp3) is 1.00. The highest BCUT2D eigenvalue weighted by Crippen LogP contribution is 2.32. The normalized spacial score (nSPS) is 26.4. The topological polar surface area (TPSA) is 41.9 Å². The van der Waals surface area contributed by atoms with Gasteiger partial charge >= 0.3 is 0 Å². The smallest absolute Gasteiger partial charge is 0.0589 e. The summed E-state index contributed by atoms with van der Waals surface area (Å²) in [6.07, 6.45) is 6.85. The highest BCUT2D eigenvalue weighted by molar-refractivity contribution is 4.82. The minimum atomic E-state index is -0.120. The number of aliphatic hydroxyl groups excluding tert-OH is 1. The van der Waals surface area contributed by atoms with E-state index >= 15 is 0 Å². The van der Waals surface area contributed by atoms with Crippen molar-refractivity contribution in [3.05, 3.63) is 0 Å². The Kier molecular flexibility index (Phi) is 10.3. The molecule has 0 saturated heterocycles. The Hall–Kier alpha value is -0.160. The Morgan fingerprint density at radius 3 is 2.52 bits per heavy atom. The third-order valence-corrected chi connectivity index (χ3v) is 4.67. The fourth-order valence-electron chi connectivity index (χ4n) is 3.49. The molecule has 0 aromatic carbocycles. The number of ether oxygens (including phenoxy) is 2. The van der Waals surface area contributed by atoms with Gasteiger partial charge in [0.15, 0.2) is 0 Å². The van der Waals surface area contributed by atoms with Gasteiger partial charge in [-0.25, -0.2) is 0 Å². The molecule has 126 valence electrons. The van der Waals surface area contributed by atoms with E-state index in [1.54, 1.807) is 14.2 Å². The Bertz CT molecular complexity index is 250. The van der Waals surface area contributed by atoms with Crippen molar-refractivity contribution in [3.63, 3.8) is 0 Å². The molecule has 0 spiro atoms. The van der Waals surface area contributed by atoms with Gasteiger partial charge in [0.2, 0.25) is 0 Å². The lowest BCUT2D eigenvalue weighted by Crippen LogP contribution is -2.40. The highest BCUT2D eigenvalue weighted by Gasteiger charge is 2.29. The van der Waals surface area contributed by atoms with Crippen molar-refractivity contribution in [1.29, 1.82) is 0 Å². The molecule has 1 aliphatic carbocycles. The molecule has 0 radical (unpaired) electrons. The molecule has 3 atom stereocenters. The van der Waals surface area contributed by atoms with Gasteiger partial charge in [0.25, 0.3) is 0 Å². The van der Waals surface area contributed by atoms with E-state index in [0.717, 1.165) is 51.6 Å². The summed E-state index contributed by atoms with van der Waals surface area (Å²) in [5, 5.41) is 10.3. The molecule has 3 unspecified atom stereocenters. The van der Waals surface area contributed by atoms with Crippen LogP contribution in [0.1, 0.15) is 45.4 Å². The zero-order valence-corrected chi connectivity index (χ0v) is 14.2. The van der Waals surface area contributed by atoms with Crippen LogP contribution >= 0.6 is 0 Å². The first kappa shape index (κ1) is 18.9. The summed E-state index contributed by atoms with van der Waals surface area (Å²) in [7, 11) is 3.50. The molecule has 1 fully saturated rings. The van der Waals surface area contributed by atoms with Gasteiger partial charge in [-0.15, -0.1) is 0 Å². The number of aliphatic hydroxyl groups is 1. The summed E-state index contributed by atoms with van der Waals surface area (Å²) in [4.78, 5) is 2.44. The predicted octanol–water partition coefficient (Wildman–Crippen LogP) is 2.55. The summed E-state index contributed by atoms with van der Waals surface area (Å²) in [5.41, 5.74) is 0. The Morgan fingerprint density at radius 1 is 1.10 bits per heavy atom. The van der Waals surface area contributed by atoms with Crippen LogP contribution in [0.3, 0.4) is 0 Å². The lowest BCUT2D eigenvalue weighted by Gasteiger charge is -2.36. The molecule has 1 rings (SSSR count). The van der Waals surface area contributed by atoms with Crippen molar-refractivity contribution < 1.29 is 14.6 Å². The molecule has 1 saturated carbocycles. The third-order valence-electron chi connectivity index (χ3n) is 4.67. The van der Waals surface area contributed by atoms with Gasteiger partial charge < -0.3 is 19.5 Å². The maximum Gasteiger partial charge on any atom is 0.0589 e. The van der Waals surface area contributed by atoms with Crippen LogP contribution in [-0.2, 0) is 9.47 Å². The molecule has 21 heavy (non-hydrogen) atoms. The Morgan fingerprint density at radius 2 is 1.86 bits per heavy atom. The molecule has 0 amide bonds. The maximum atomic E-state index is 10.3. The van der Waals surface area contributed by atoms with Crippen molar-refractivity contribution in [2.24, 2.45) is 11.8 Å². The lowest BCUT2D eigenvalue weighted by atomic mass is 9.77. The predicted molar refractivity (Wildman–Crippen MR) is 86.6 cm³/mol. The quantitative estimate of drug-likeness (QED) is 0.596. The van der Waals surface area contributed by atoms with Gasteiger partial charge in [-0.05, 0) is 37.5 Å². The molecule has 4 nitrogen and oxygen atoms in total. The SMILES string of the molecule is CCCC1CCC(O)C(CN(CCCOC)CCOC)C1. The van der Waals surface area contributed by atoms with Gasteiger partial charge in [-0.3, -0.25) is 0 Å². The van der Waals surface area contributed by atoms with E-state index < -0.39 is 0 Å².